The van der Waals surface area contributed by atoms with E-state index < -0.39 is 42.9 Å². The van der Waals surface area contributed by atoms with Crippen LogP contribution >= 0.6 is 0 Å². The molecular formula is C14H14F2N4O6S. The quantitative estimate of drug-likeness (QED) is 0.440. The molecule has 27 heavy (non-hydrogen) atoms. The van der Waals surface area contributed by atoms with Crippen molar-refractivity contribution >= 4 is 32.8 Å². The monoisotopic (exact) mass is 404 g/mol. The Morgan fingerprint density at radius 1 is 1.00 bits per heavy atom. The van der Waals surface area contributed by atoms with Crippen LogP contribution < -0.4 is 10.5 Å². The molecule has 0 unspecified atom stereocenters. The average molecular weight is 404 g/mol. The molecule has 0 radical (unpaired) electrons. The summed E-state index contributed by atoms with van der Waals surface area (Å²) < 4.78 is 49.9. The van der Waals surface area contributed by atoms with Gasteiger partial charge < -0.3 is 5.73 Å². The summed E-state index contributed by atoms with van der Waals surface area (Å²) in [5.74, 6) is -2.05. The minimum Gasteiger partial charge on any atom is -0.399 e. The maximum Gasteiger partial charge on any atom is 0.306 e. The molecule has 0 bridgehead atoms. The Hall–Kier alpha value is -3.35. The number of nitrogen functional groups attached to an aromatic ring is 1. The van der Waals surface area contributed by atoms with Crippen LogP contribution in [-0.4, -0.2) is 24.0 Å². The zero-order valence-corrected chi connectivity index (χ0v) is 14.6. The minimum atomic E-state index is -3.52. The van der Waals surface area contributed by atoms with E-state index in [0.717, 1.165) is 30.3 Å². The molecule has 0 aromatic heterocycles. The first-order valence-corrected chi connectivity index (χ1v) is 8.76. The summed E-state index contributed by atoms with van der Waals surface area (Å²) in [7, 11) is -3.52. The Morgan fingerprint density at radius 3 is 1.93 bits per heavy atom. The molecule has 0 aliphatic carbocycles. The molecule has 10 nitrogen and oxygen atoms in total. The van der Waals surface area contributed by atoms with E-state index in [2.05, 4.69) is 4.72 Å². The van der Waals surface area contributed by atoms with E-state index in [9.17, 15) is 37.4 Å². The van der Waals surface area contributed by atoms with E-state index in [1.54, 1.807) is 0 Å². The standard InChI is InChI=1S/C8H9FN2O4S.C6H5FN2O2/c1-2-16(14,15)10-6-3-4-7(9)8(5-6)11(12)13;7-5-2-1-4(8)3-6(5)9(10)11/h3-5,10H,2H2,1H3;1-3H,8H2. The fraction of sp³-hybridized carbons (Fsp3) is 0.143. The summed E-state index contributed by atoms with van der Waals surface area (Å²) in [6.45, 7) is 1.42. The highest BCUT2D eigenvalue weighted by atomic mass is 32.2. The van der Waals surface area contributed by atoms with Gasteiger partial charge in [-0.1, -0.05) is 0 Å². The fourth-order valence-corrected chi connectivity index (χ4v) is 2.27. The highest BCUT2D eigenvalue weighted by molar-refractivity contribution is 7.92. The van der Waals surface area contributed by atoms with Gasteiger partial charge in [-0.25, -0.2) is 8.42 Å². The molecule has 0 aliphatic rings. The van der Waals surface area contributed by atoms with Gasteiger partial charge in [0.15, 0.2) is 0 Å². The van der Waals surface area contributed by atoms with Crippen LogP contribution in [0.3, 0.4) is 0 Å². The van der Waals surface area contributed by atoms with E-state index in [0.29, 0.717) is 0 Å². The SMILES string of the molecule is CCS(=O)(=O)Nc1ccc(F)c([N+](=O)[O-])c1.Nc1ccc(F)c([N+](=O)[O-])c1. The van der Waals surface area contributed by atoms with Gasteiger partial charge in [-0.3, -0.25) is 25.0 Å². The molecule has 0 saturated heterocycles. The molecule has 0 spiro atoms. The number of sulfonamides is 1. The number of nitrogens with two attached hydrogens (primary N) is 1. The number of halogens is 2. The molecule has 2 aromatic carbocycles. The largest absolute Gasteiger partial charge is 0.399 e. The molecule has 2 rings (SSSR count). The predicted molar refractivity (Wildman–Crippen MR) is 93.6 cm³/mol. The Labute approximate surface area is 152 Å². The summed E-state index contributed by atoms with van der Waals surface area (Å²) in [6, 6.07) is 6.01. The van der Waals surface area contributed by atoms with Crippen molar-refractivity contribution in [3.8, 4) is 0 Å². The number of hydrogen-bond donors (Lipinski definition) is 2. The first kappa shape index (κ1) is 21.7. The van der Waals surface area contributed by atoms with Crippen LogP contribution in [0.1, 0.15) is 6.92 Å². The van der Waals surface area contributed by atoms with Gasteiger partial charge in [-0.2, -0.15) is 8.78 Å². The predicted octanol–water partition coefficient (Wildman–Crippen LogP) is 2.81. The third-order valence-electron chi connectivity index (χ3n) is 2.96. The second-order valence-corrected chi connectivity index (χ2v) is 6.91. The van der Waals surface area contributed by atoms with E-state index in [1.165, 1.54) is 13.0 Å². The lowest BCUT2D eigenvalue weighted by atomic mass is 10.3. The molecule has 0 fully saturated rings. The van der Waals surface area contributed by atoms with Crippen molar-refractivity contribution in [2.24, 2.45) is 0 Å². The molecule has 2 aromatic rings. The van der Waals surface area contributed by atoms with Crippen molar-refractivity contribution in [2.75, 3.05) is 16.2 Å². The van der Waals surface area contributed by atoms with Crippen LogP contribution in [0.4, 0.5) is 31.5 Å². The second-order valence-electron chi connectivity index (χ2n) is 4.90. The van der Waals surface area contributed by atoms with E-state index in [1.807, 2.05) is 0 Å². The van der Waals surface area contributed by atoms with Gasteiger partial charge in [0.1, 0.15) is 0 Å². The Balaban J connectivity index is 0.000000289. The van der Waals surface area contributed by atoms with E-state index in [-0.39, 0.29) is 17.1 Å². The molecule has 13 heteroatoms. The smallest absolute Gasteiger partial charge is 0.306 e. The number of anilines is 2. The van der Waals surface area contributed by atoms with Gasteiger partial charge in [-0.15, -0.1) is 0 Å². The normalized spacial score (nSPS) is 10.5. The van der Waals surface area contributed by atoms with E-state index in [4.69, 9.17) is 5.73 Å². The average Bonchev–Trinajstić information content (AvgIpc) is 2.58. The second kappa shape index (κ2) is 8.84. The molecular weight excluding hydrogens is 390 g/mol. The molecule has 0 saturated carbocycles. The van der Waals surface area contributed by atoms with Crippen molar-refractivity contribution in [1.82, 2.24) is 0 Å². The number of nitrogens with zero attached hydrogens (tertiary/aromatic N) is 2. The summed E-state index contributed by atoms with van der Waals surface area (Å²) >= 11 is 0. The number of benzene rings is 2. The first-order valence-electron chi connectivity index (χ1n) is 7.10. The molecule has 0 aliphatic heterocycles. The van der Waals surface area contributed by atoms with Crippen LogP contribution in [0.25, 0.3) is 0 Å². The zero-order valence-electron chi connectivity index (χ0n) is 13.8. The summed E-state index contributed by atoms with van der Waals surface area (Å²) in [6.07, 6.45) is 0. The third-order valence-corrected chi connectivity index (χ3v) is 4.27. The molecule has 3 N–H and O–H groups in total. The maximum atomic E-state index is 12.9. The first-order chi connectivity index (χ1) is 12.5. The van der Waals surface area contributed by atoms with Gasteiger partial charge in [0.2, 0.25) is 21.7 Å². The van der Waals surface area contributed by atoms with Crippen molar-refractivity contribution in [1.29, 1.82) is 0 Å². The Morgan fingerprint density at radius 2 is 1.48 bits per heavy atom. The maximum absolute atomic E-state index is 12.9. The van der Waals surface area contributed by atoms with Crippen LogP contribution in [0.5, 0.6) is 0 Å². The molecule has 0 heterocycles. The van der Waals surface area contributed by atoms with Crippen LogP contribution in [0, 0.1) is 31.9 Å². The molecule has 0 atom stereocenters. The number of nitro benzene ring substituents is 2. The van der Waals surface area contributed by atoms with Crippen molar-refractivity contribution in [2.45, 2.75) is 6.92 Å². The van der Waals surface area contributed by atoms with Gasteiger partial charge in [-0.05, 0) is 31.2 Å². The summed E-state index contributed by atoms with van der Waals surface area (Å²) in [5, 5.41) is 20.5. The third kappa shape index (κ3) is 6.47. The van der Waals surface area contributed by atoms with Crippen LogP contribution in [-0.2, 0) is 10.0 Å². The molecule has 146 valence electrons. The minimum absolute atomic E-state index is 0.0325. The number of nitrogens with one attached hydrogen (secondary N) is 1. The van der Waals surface area contributed by atoms with Gasteiger partial charge in [0.05, 0.1) is 21.3 Å². The van der Waals surface area contributed by atoms with Crippen molar-refractivity contribution in [3.63, 3.8) is 0 Å². The highest BCUT2D eigenvalue weighted by Crippen LogP contribution is 2.22. The number of nitro groups is 2. The summed E-state index contributed by atoms with van der Waals surface area (Å²) in [4.78, 5) is 18.8. The number of rotatable bonds is 5. The van der Waals surface area contributed by atoms with Crippen LogP contribution in [0.2, 0.25) is 0 Å². The lowest BCUT2D eigenvalue weighted by Gasteiger charge is -2.05. The fourth-order valence-electron chi connectivity index (χ4n) is 1.64. The Bertz CT molecular complexity index is 968. The van der Waals surface area contributed by atoms with Crippen molar-refractivity contribution < 1.29 is 27.0 Å². The number of hydrogen-bond acceptors (Lipinski definition) is 7. The lowest BCUT2D eigenvalue weighted by Crippen LogP contribution is -2.14. The van der Waals surface area contributed by atoms with Gasteiger partial charge in [0, 0.05) is 17.8 Å². The van der Waals surface area contributed by atoms with Gasteiger partial charge in [0.25, 0.3) is 0 Å². The van der Waals surface area contributed by atoms with E-state index >= 15 is 0 Å². The van der Waals surface area contributed by atoms with Gasteiger partial charge >= 0.3 is 11.4 Å². The topological polar surface area (TPSA) is 158 Å². The zero-order chi connectivity index (χ0) is 20.8. The van der Waals surface area contributed by atoms with Crippen molar-refractivity contribution in [3.05, 3.63) is 68.3 Å². The molecule has 0 amide bonds. The summed E-state index contributed by atoms with van der Waals surface area (Å²) in [5.41, 5.74) is 3.98. The Kier molecular flexibility index (Phi) is 7.10. The lowest BCUT2D eigenvalue weighted by molar-refractivity contribution is -0.387. The van der Waals surface area contributed by atoms with Crippen LogP contribution in [0.15, 0.2) is 36.4 Å². The highest BCUT2D eigenvalue weighted by Gasteiger charge is 2.16.